The molecule has 6 nitrogen and oxygen atoms in total. The monoisotopic (exact) mass is 427 g/mol. The Balaban J connectivity index is 1.48. The molecule has 0 bridgehead atoms. The van der Waals surface area contributed by atoms with Crippen molar-refractivity contribution in [2.45, 2.75) is 36.6 Å². The molecule has 1 fully saturated rings. The summed E-state index contributed by atoms with van der Waals surface area (Å²) in [4.78, 5) is 12.2. The van der Waals surface area contributed by atoms with Crippen molar-refractivity contribution in [2.75, 3.05) is 5.43 Å². The van der Waals surface area contributed by atoms with Crippen molar-refractivity contribution < 1.29 is 13.2 Å². The average molecular weight is 428 g/mol. The first kappa shape index (κ1) is 19.9. The van der Waals surface area contributed by atoms with Crippen LogP contribution in [-0.2, 0) is 21.2 Å². The highest BCUT2D eigenvalue weighted by Crippen LogP contribution is 2.23. The molecule has 144 valence electrons. The second-order valence-corrected chi connectivity index (χ2v) is 8.89. The summed E-state index contributed by atoms with van der Waals surface area (Å²) >= 11 is 11.9. The van der Waals surface area contributed by atoms with Crippen LogP contribution in [0.5, 0.6) is 0 Å². The smallest absolute Gasteiger partial charge is 0.240 e. The highest BCUT2D eigenvalue weighted by Gasteiger charge is 2.27. The van der Waals surface area contributed by atoms with Crippen LogP contribution in [0.1, 0.15) is 24.8 Å². The first-order valence-corrected chi connectivity index (χ1v) is 10.7. The summed E-state index contributed by atoms with van der Waals surface area (Å²) in [6.45, 7) is 0. The van der Waals surface area contributed by atoms with Crippen LogP contribution < -0.4 is 15.6 Å². The molecule has 1 amide bonds. The van der Waals surface area contributed by atoms with Crippen molar-refractivity contribution in [3.05, 3.63) is 58.1 Å². The molecule has 0 unspecified atom stereocenters. The Kier molecular flexibility index (Phi) is 6.26. The molecular formula is C18H19Cl2N3O3S. The van der Waals surface area contributed by atoms with Crippen LogP contribution in [0.3, 0.4) is 0 Å². The minimum absolute atomic E-state index is 0.0567. The van der Waals surface area contributed by atoms with Gasteiger partial charge in [0.05, 0.1) is 10.6 Å². The van der Waals surface area contributed by atoms with Crippen LogP contribution >= 0.6 is 23.2 Å². The Bertz CT molecular complexity index is 929. The second kappa shape index (κ2) is 8.48. The molecule has 0 heterocycles. The number of nitrogens with one attached hydrogen (secondary N) is 3. The summed E-state index contributed by atoms with van der Waals surface area (Å²) in [5.74, 6) is -0.215. The Labute approximate surface area is 168 Å². The molecule has 2 aromatic rings. The number of hydrogen-bond donors (Lipinski definition) is 3. The van der Waals surface area contributed by atoms with Gasteiger partial charge in [-0.1, -0.05) is 29.3 Å². The van der Waals surface area contributed by atoms with Gasteiger partial charge in [0.1, 0.15) is 0 Å². The zero-order valence-corrected chi connectivity index (χ0v) is 16.7. The molecule has 9 heteroatoms. The third-order valence-corrected chi connectivity index (χ3v) is 6.17. The van der Waals surface area contributed by atoms with E-state index in [1.165, 1.54) is 12.1 Å². The van der Waals surface area contributed by atoms with Crippen molar-refractivity contribution in [3.63, 3.8) is 0 Å². The van der Waals surface area contributed by atoms with Gasteiger partial charge >= 0.3 is 0 Å². The van der Waals surface area contributed by atoms with Crippen LogP contribution in [0.25, 0.3) is 0 Å². The lowest BCUT2D eigenvalue weighted by molar-refractivity contribution is -0.120. The minimum atomic E-state index is -3.48. The first-order chi connectivity index (χ1) is 12.8. The first-order valence-electron chi connectivity index (χ1n) is 8.45. The summed E-state index contributed by atoms with van der Waals surface area (Å²) < 4.78 is 26.8. The summed E-state index contributed by atoms with van der Waals surface area (Å²) in [5, 5.41) is 1.08. The fourth-order valence-electron chi connectivity index (χ4n) is 2.38. The maximum Gasteiger partial charge on any atom is 0.240 e. The second-order valence-electron chi connectivity index (χ2n) is 6.33. The van der Waals surface area contributed by atoms with E-state index in [9.17, 15) is 13.2 Å². The standard InChI is InChI=1S/C18H19Cl2N3O3S/c19-13-3-1-12(17(20)11-13)2-10-18(24)22-21-14-6-8-16(9-7-14)27(25,26)23-15-4-5-15/h1,3,6-9,11,15,21,23H,2,4-5,10H2,(H,22,24). The van der Waals surface area contributed by atoms with Crippen molar-refractivity contribution in [3.8, 4) is 0 Å². The molecular weight excluding hydrogens is 409 g/mol. The Morgan fingerprint density at radius 2 is 1.78 bits per heavy atom. The van der Waals surface area contributed by atoms with Gasteiger partial charge in [-0.15, -0.1) is 0 Å². The van der Waals surface area contributed by atoms with Crippen LogP contribution in [0.4, 0.5) is 5.69 Å². The molecule has 0 aromatic heterocycles. The lowest BCUT2D eigenvalue weighted by Gasteiger charge is -2.10. The van der Waals surface area contributed by atoms with Crippen LogP contribution in [0.2, 0.25) is 10.0 Å². The van der Waals surface area contributed by atoms with E-state index in [1.54, 1.807) is 30.3 Å². The fraction of sp³-hybridized carbons (Fsp3) is 0.278. The topological polar surface area (TPSA) is 87.3 Å². The molecule has 0 spiro atoms. The Morgan fingerprint density at radius 3 is 2.41 bits per heavy atom. The summed E-state index contributed by atoms with van der Waals surface area (Å²) in [6, 6.07) is 11.4. The number of carbonyl (C=O) groups is 1. The molecule has 3 N–H and O–H groups in total. The molecule has 0 saturated heterocycles. The number of benzene rings is 2. The summed E-state index contributed by atoms with van der Waals surface area (Å²) in [7, 11) is -3.48. The normalized spacial score (nSPS) is 14.0. The van der Waals surface area contributed by atoms with Crippen molar-refractivity contribution in [1.29, 1.82) is 0 Å². The van der Waals surface area contributed by atoms with Gasteiger partial charge in [0, 0.05) is 22.5 Å². The largest absolute Gasteiger partial charge is 0.299 e. The van der Waals surface area contributed by atoms with Gasteiger partial charge < -0.3 is 0 Å². The fourth-order valence-corrected chi connectivity index (χ4v) is 4.19. The van der Waals surface area contributed by atoms with Gasteiger partial charge in [-0.25, -0.2) is 13.1 Å². The van der Waals surface area contributed by atoms with Crippen LogP contribution in [-0.4, -0.2) is 20.4 Å². The molecule has 2 aromatic carbocycles. The molecule has 3 rings (SSSR count). The number of sulfonamides is 1. The number of hydrazine groups is 1. The highest BCUT2D eigenvalue weighted by molar-refractivity contribution is 7.89. The number of halogens is 2. The van der Waals surface area contributed by atoms with E-state index in [0.717, 1.165) is 18.4 Å². The maximum atomic E-state index is 12.1. The van der Waals surface area contributed by atoms with Crippen molar-refractivity contribution in [2.24, 2.45) is 0 Å². The minimum Gasteiger partial charge on any atom is -0.299 e. The molecule has 1 saturated carbocycles. The molecule has 0 radical (unpaired) electrons. The third kappa shape index (κ3) is 5.84. The number of amides is 1. The molecule has 27 heavy (non-hydrogen) atoms. The third-order valence-electron chi connectivity index (χ3n) is 4.05. The lowest BCUT2D eigenvalue weighted by atomic mass is 10.1. The van der Waals surface area contributed by atoms with Gasteiger partial charge in [0.25, 0.3) is 0 Å². The van der Waals surface area contributed by atoms with Crippen molar-refractivity contribution in [1.82, 2.24) is 10.1 Å². The van der Waals surface area contributed by atoms with E-state index < -0.39 is 10.0 Å². The lowest BCUT2D eigenvalue weighted by Crippen LogP contribution is -2.29. The molecule has 0 aliphatic heterocycles. The van der Waals surface area contributed by atoms with Gasteiger partial charge in [-0.3, -0.25) is 15.6 Å². The SMILES string of the molecule is O=C(CCc1ccc(Cl)cc1Cl)NNc1ccc(S(=O)(=O)NC2CC2)cc1. The predicted octanol–water partition coefficient (Wildman–Crippen LogP) is 3.51. The molecule has 0 atom stereocenters. The van der Waals surface area contributed by atoms with Gasteiger partial charge in [-0.2, -0.15) is 0 Å². The van der Waals surface area contributed by atoms with E-state index >= 15 is 0 Å². The number of rotatable bonds is 8. The van der Waals surface area contributed by atoms with E-state index in [2.05, 4.69) is 15.6 Å². The molecule has 1 aliphatic carbocycles. The van der Waals surface area contributed by atoms with Gasteiger partial charge in [0.2, 0.25) is 15.9 Å². The van der Waals surface area contributed by atoms with Gasteiger partial charge in [-0.05, 0) is 61.2 Å². The van der Waals surface area contributed by atoms with E-state index in [-0.39, 0.29) is 23.3 Å². The highest BCUT2D eigenvalue weighted by atomic mass is 35.5. The van der Waals surface area contributed by atoms with Crippen molar-refractivity contribution >= 4 is 44.8 Å². The average Bonchev–Trinajstić information content (AvgIpc) is 3.43. The zero-order valence-electron chi connectivity index (χ0n) is 14.3. The quantitative estimate of drug-likeness (QED) is 0.562. The van der Waals surface area contributed by atoms with Gasteiger partial charge in [0.15, 0.2) is 0 Å². The summed E-state index contributed by atoms with van der Waals surface area (Å²) in [6.07, 6.45) is 2.48. The van der Waals surface area contributed by atoms with E-state index in [4.69, 9.17) is 23.2 Å². The number of aryl methyl sites for hydroxylation is 1. The number of anilines is 1. The number of carbonyl (C=O) groups excluding carboxylic acids is 1. The number of hydrogen-bond acceptors (Lipinski definition) is 4. The Hall–Kier alpha value is -1.80. The maximum absolute atomic E-state index is 12.1. The summed E-state index contributed by atoms with van der Waals surface area (Å²) in [5.41, 5.74) is 6.77. The van der Waals surface area contributed by atoms with Crippen LogP contribution in [0.15, 0.2) is 47.4 Å². The van der Waals surface area contributed by atoms with E-state index in [1.807, 2.05) is 0 Å². The predicted molar refractivity (Wildman–Crippen MR) is 106 cm³/mol. The van der Waals surface area contributed by atoms with Crippen LogP contribution in [0, 0.1) is 0 Å². The Morgan fingerprint density at radius 1 is 1.07 bits per heavy atom. The zero-order chi connectivity index (χ0) is 19.4. The van der Waals surface area contributed by atoms with E-state index in [0.29, 0.717) is 22.2 Å². The molecule has 1 aliphatic rings.